The summed E-state index contributed by atoms with van der Waals surface area (Å²) in [7, 11) is 0. The minimum absolute atomic E-state index is 0.0350. The van der Waals surface area contributed by atoms with Crippen molar-refractivity contribution in [1.82, 2.24) is 10.2 Å². The fourth-order valence-corrected chi connectivity index (χ4v) is 2.84. The molecule has 0 radical (unpaired) electrons. The molecule has 1 aliphatic rings. The molecule has 1 aliphatic heterocycles. The molecule has 5 nitrogen and oxygen atoms in total. The van der Waals surface area contributed by atoms with Crippen molar-refractivity contribution in [3.8, 4) is 0 Å². The molecular formula is C15H21N3O2. The predicted molar refractivity (Wildman–Crippen MR) is 76.8 cm³/mol. The van der Waals surface area contributed by atoms with Crippen molar-refractivity contribution in [3.63, 3.8) is 0 Å². The maximum Gasteiger partial charge on any atom is 0.239 e. The quantitative estimate of drug-likeness (QED) is 0.854. The van der Waals surface area contributed by atoms with Gasteiger partial charge in [0.1, 0.15) is 6.04 Å². The second kappa shape index (κ2) is 6.52. The van der Waals surface area contributed by atoms with Crippen LogP contribution in [0.15, 0.2) is 30.3 Å². The molecule has 3 N–H and O–H groups in total. The van der Waals surface area contributed by atoms with Crippen molar-refractivity contribution in [2.75, 3.05) is 13.1 Å². The Morgan fingerprint density at radius 1 is 1.35 bits per heavy atom. The molecule has 2 atom stereocenters. The number of nitrogens with one attached hydrogen (secondary N) is 1. The van der Waals surface area contributed by atoms with E-state index in [0.717, 1.165) is 24.9 Å². The number of likely N-dealkylation sites (tertiary alicyclic amines) is 1. The third kappa shape index (κ3) is 3.57. The van der Waals surface area contributed by atoms with Crippen LogP contribution in [0.25, 0.3) is 0 Å². The Labute approximate surface area is 119 Å². The lowest BCUT2D eigenvalue weighted by molar-refractivity contribution is -0.124. The molecule has 5 heteroatoms. The monoisotopic (exact) mass is 275 g/mol. The number of hydrogen-bond donors (Lipinski definition) is 2. The first-order valence-electron chi connectivity index (χ1n) is 6.93. The van der Waals surface area contributed by atoms with E-state index >= 15 is 0 Å². The summed E-state index contributed by atoms with van der Waals surface area (Å²) in [4.78, 5) is 25.0. The summed E-state index contributed by atoms with van der Waals surface area (Å²) in [6.07, 6.45) is 1.89. The van der Waals surface area contributed by atoms with Crippen LogP contribution in [0.4, 0.5) is 0 Å². The van der Waals surface area contributed by atoms with Crippen molar-refractivity contribution in [2.45, 2.75) is 31.8 Å². The Morgan fingerprint density at radius 3 is 2.65 bits per heavy atom. The Hall–Kier alpha value is -1.88. The number of hydrogen-bond acceptors (Lipinski definition) is 3. The third-order valence-corrected chi connectivity index (χ3v) is 3.61. The maximum atomic E-state index is 11.8. The first-order valence-corrected chi connectivity index (χ1v) is 6.93. The van der Waals surface area contributed by atoms with Crippen molar-refractivity contribution in [2.24, 2.45) is 5.73 Å². The largest absolute Gasteiger partial charge is 0.368 e. The number of piperidine rings is 1. The molecule has 1 aromatic rings. The van der Waals surface area contributed by atoms with Crippen LogP contribution in [0.1, 0.15) is 31.4 Å². The Bertz CT molecular complexity index is 475. The van der Waals surface area contributed by atoms with Crippen molar-refractivity contribution in [3.05, 3.63) is 35.9 Å². The number of carbonyl (C=O) groups is 2. The second-order valence-electron chi connectivity index (χ2n) is 5.25. The lowest BCUT2D eigenvalue weighted by Gasteiger charge is -2.37. The SMILES string of the molecule is CC(=O)N[C@@H]1CCCN([C@H](C(N)=O)c2ccccc2)C1. The van der Waals surface area contributed by atoms with Crippen LogP contribution in [0.2, 0.25) is 0 Å². The highest BCUT2D eigenvalue weighted by atomic mass is 16.2. The molecule has 0 bridgehead atoms. The molecule has 2 rings (SSSR count). The average Bonchev–Trinajstić information content (AvgIpc) is 2.39. The zero-order chi connectivity index (χ0) is 14.5. The zero-order valence-electron chi connectivity index (χ0n) is 11.7. The van der Waals surface area contributed by atoms with Crippen LogP contribution in [-0.2, 0) is 9.59 Å². The topological polar surface area (TPSA) is 75.4 Å². The van der Waals surface area contributed by atoms with Gasteiger partial charge in [0.05, 0.1) is 0 Å². The summed E-state index contributed by atoms with van der Waals surface area (Å²) in [5.41, 5.74) is 6.48. The van der Waals surface area contributed by atoms with Gasteiger partial charge < -0.3 is 11.1 Å². The zero-order valence-corrected chi connectivity index (χ0v) is 11.7. The van der Waals surface area contributed by atoms with Crippen LogP contribution in [0, 0.1) is 0 Å². The van der Waals surface area contributed by atoms with Gasteiger partial charge in [0, 0.05) is 19.5 Å². The van der Waals surface area contributed by atoms with Gasteiger partial charge in [-0.15, -0.1) is 0 Å². The Balaban J connectivity index is 2.13. The fourth-order valence-electron chi connectivity index (χ4n) is 2.84. The summed E-state index contributed by atoms with van der Waals surface area (Å²) >= 11 is 0. The highest BCUT2D eigenvalue weighted by Gasteiger charge is 2.30. The van der Waals surface area contributed by atoms with E-state index in [0.29, 0.717) is 6.54 Å². The Morgan fingerprint density at radius 2 is 2.05 bits per heavy atom. The molecule has 1 fully saturated rings. The smallest absolute Gasteiger partial charge is 0.239 e. The molecule has 0 spiro atoms. The van der Waals surface area contributed by atoms with Gasteiger partial charge in [0.2, 0.25) is 11.8 Å². The maximum absolute atomic E-state index is 11.8. The molecule has 0 unspecified atom stereocenters. The van der Waals surface area contributed by atoms with Crippen molar-refractivity contribution < 1.29 is 9.59 Å². The van der Waals surface area contributed by atoms with Gasteiger partial charge in [-0.1, -0.05) is 30.3 Å². The molecule has 0 aliphatic carbocycles. The normalized spacial score (nSPS) is 21.1. The highest BCUT2D eigenvalue weighted by Crippen LogP contribution is 2.24. The number of carbonyl (C=O) groups excluding carboxylic acids is 2. The van der Waals surface area contributed by atoms with Gasteiger partial charge in [0.15, 0.2) is 0 Å². The van der Waals surface area contributed by atoms with E-state index < -0.39 is 6.04 Å². The van der Waals surface area contributed by atoms with Crippen LogP contribution in [0.3, 0.4) is 0 Å². The molecular weight excluding hydrogens is 254 g/mol. The molecule has 1 heterocycles. The summed E-state index contributed by atoms with van der Waals surface area (Å²) in [5.74, 6) is -0.383. The summed E-state index contributed by atoms with van der Waals surface area (Å²) in [6.45, 7) is 2.99. The van der Waals surface area contributed by atoms with E-state index in [9.17, 15) is 9.59 Å². The lowest BCUT2D eigenvalue weighted by Crippen LogP contribution is -2.50. The molecule has 0 saturated carbocycles. The van der Waals surface area contributed by atoms with Crippen LogP contribution in [0.5, 0.6) is 0 Å². The number of rotatable bonds is 4. The van der Waals surface area contributed by atoms with Gasteiger partial charge >= 0.3 is 0 Å². The van der Waals surface area contributed by atoms with E-state index in [-0.39, 0.29) is 17.9 Å². The summed E-state index contributed by atoms with van der Waals surface area (Å²) in [5, 5.41) is 2.92. The van der Waals surface area contributed by atoms with Crippen LogP contribution < -0.4 is 11.1 Å². The summed E-state index contributed by atoms with van der Waals surface area (Å²) in [6, 6.07) is 9.22. The first kappa shape index (κ1) is 14.5. The molecule has 20 heavy (non-hydrogen) atoms. The van der Waals surface area contributed by atoms with Gasteiger partial charge in [-0.2, -0.15) is 0 Å². The van der Waals surface area contributed by atoms with E-state index in [4.69, 9.17) is 5.73 Å². The van der Waals surface area contributed by atoms with Gasteiger partial charge in [-0.05, 0) is 24.9 Å². The minimum atomic E-state index is -0.423. The Kier molecular flexibility index (Phi) is 4.74. The van der Waals surface area contributed by atoms with E-state index in [2.05, 4.69) is 10.2 Å². The number of benzene rings is 1. The summed E-state index contributed by atoms with van der Waals surface area (Å²) < 4.78 is 0. The molecule has 1 aromatic carbocycles. The molecule has 108 valence electrons. The van der Waals surface area contributed by atoms with Crippen LogP contribution in [-0.4, -0.2) is 35.8 Å². The van der Waals surface area contributed by atoms with E-state index in [1.807, 2.05) is 30.3 Å². The third-order valence-electron chi connectivity index (χ3n) is 3.61. The molecule has 2 amide bonds. The van der Waals surface area contributed by atoms with Gasteiger partial charge in [-0.3, -0.25) is 14.5 Å². The second-order valence-corrected chi connectivity index (χ2v) is 5.25. The van der Waals surface area contributed by atoms with Gasteiger partial charge in [-0.25, -0.2) is 0 Å². The minimum Gasteiger partial charge on any atom is -0.368 e. The van der Waals surface area contributed by atoms with Crippen molar-refractivity contribution in [1.29, 1.82) is 0 Å². The predicted octanol–water partition coefficient (Wildman–Crippen LogP) is 0.814. The number of nitrogens with zero attached hydrogens (tertiary/aromatic N) is 1. The number of primary amides is 1. The van der Waals surface area contributed by atoms with Gasteiger partial charge in [0.25, 0.3) is 0 Å². The first-order chi connectivity index (χ1) is 9.58. The number of nitrogens with two attached hydrogens (primary N) is 1. The standard InChI is InChI=1S/C15H21N3O2/c1-11(19)17-13-8-5-9-18(10-13)14(15(16)20)12-6-3-2-4-7-12/h2-4,6-7,13-14H,5,8-10H2,1H3,(H2,16,20)(H,17,19)/t13-,14+/m1/s1. The molecule has 1 saturated heterocycles. The molecule has 0 aromatic heterocycles. The van der Waals surface area contributed by atoms with E-state index in [1.54, 1.807) is 0 Å². The fraction of sp³-hybridized carbons (Fsp3) is 0.467. The van der Waals surface area contributed by atoms with Crippen LogP contribution >= 0.6 is 0 Å². The van der Waals surface area contributed by atoms with E-state index in [1.165, 1.54) is 6.92 Å². The van der Waals surface area contributed by atoms with Crippen molar-refractivity contribution >= 4 is 11.8 Å². The highest BCUT2D eigenvalue weighted by molar-refractivity contribution is 5.81. The average molecular weight is 275 g/mol. The lowest BCUT2D eigenvalue weighted by atomic mass is 9.99. The number of amides is 2.